The van der Waals surface area contributed by atoms with Crippen molar-refractivity contribution in [3.05, 3.63) is 58.6 Å². The number of benzene rings is 2. The fourth-order valence-corrected chi connectivity index (χ4v) is 2.74. The van der Waals surface area contributed by atoms with Crippen LogP contribution in [0.5, 0.6) is 11.5 Å². The molecule has 0 N–H and O–H groups in total. The molecule has 0 aromatic heterocycles. The number of ether oxygens (including phenoxy) is 2. The molecular weight excluding hydrogens is 288 g/mol. The summed E-state index contributed by atoms with van der Waals surface area (Å²) in [6, 6.07) is 12.7. The second-order valence-corrected chi connectivity index (χ2v) is 5.54. The predicted molar refractivity (Wildman–Crippen MR) is 81.3 cm³/mol. The lowest BCUT2D eigenvalue weighted by Crippen LogP contribution is -2.29. The normalized spacial score (nSPS) is 20.6. The number of carbonyl (C=O) groups is 1. The number of hydrogen-bond acceptors (Lipinski definition) is 3. The summed E-state index contributed by atoms with van der Waals surface area (Å²) >= 11 is 5.95. The minimum absolute atomic E-state index is 0.0552. The SMILES string of the molecule is COc1ccc(C2Oc3ccc(Cl)cc3C(=O)C2C)cc1. The molecule has 2 aromatic carbocycles. The number of Topliss-reactive ketones (excluding diaryl/α,β-unsaturated/α-hetero) is 1. The summed E-state index contributed by atoms with van der Waals surface area (Å²) in [5.41, 5.74) is 1.51. The van der Waals surface area contributed by atoms with Crippen LogP contribution in [0.1, 0.15) is 28.9 Å². The summed E-state index contributed by atoms with van der Waals surface area (Å²) in [6.07, 6.45) is -0.294. The highest BCUT2D eigenvalue weighted by Gasteiger charge is 2.35. The molecule has 1 aliphatic heterocycles. The van der Waals surface area contributed by atoms with Gasteiger partial charge >= 0.3 is 0 Å². The number of carbonyl (C=O) groups excluding carboxylic acids is 1. The Morgan fingerprint density at radius 2 is 1.86 bits per heavy atom. The number of rotatable bonds is 2. The second kappa shape index (κ2) is 5.41. The third-order valence-corrected chi connectivity index (χ3v) is 4.01. The largest absolute Gasteiger partial charge is 0.497 e. The first kappa shape index (κ1) is 14.0. The van der Waals surface area contributed by atoms with Crippen molar-refractivity contribution >= 4 is 17.4 Å². The van der Waals surface area contributed by atoms with Crippen molar-refractivity contribution in [1.29, 1.82) is 0 Å². The lowest BCUT2D eigenvalue weighted by atomic mass is 9.87. The first-order valence-electron chi connectivity index (χ1n) is 6.74. The molecule has 1 aliphatic rings. The Bertz CT molecular complexity index is 679. The van der Waals surface area contributed by atoms with Crippen molar-refractivity contribution in [2.75, 3.05) is 7.11 Å². The zero-order chi connectivity index (χ0) is 15.0. The van der Waals surface area contributed by atoms with Crippen LogP contribution in [0.3, 0.4) is 0 Å². The van der Waals surface area contributed by atoms with Crippen LogP contribution in [-0.4, -0.2) is 12.9 Å². The minimum atomic E-state index is -0.294. The van der Waals surface area contributed by atoms with E-state index < -0.39 is 0 Å². The lowest BCUT2D eigenvalue weighted by Gasteiger charge is -2.31. The van der Waals surface area contributed by atoms with Gasteiger partial charge in [-0.05, 0) is 35.9 Å². The quantitative estimate of drug-likeness (QED) is 0.829. The van der Waals surface area contributed by atoms with Gasteiger partial charge in [0.25, 0.3) is 0 Å². The molecule has 108 valence electrons. The van der Waals surface area contributed by atoms with Gasteiger partial charge in [-0.1, -0.05) is 30.7 Å². The van der Waals surface area contributed by atoms with E-state index >= 15 is 0 Å². The molecule has 3 rings (SSSR count). The Morgan fingerprint density at radius 3 is 2.52 bits per heavy atom. The summed E-state index contributed by atoms with van der Waals surface area (Å²) in [5.74, 6) is 1.16. The van der Waals surface area contributed by atoms with E-state index in [1.54, 1.807) is 25.3 Å². The second-order valence-electron chi connectivity index (χ2n) is 5.11. The summed E-state index contributed by atoms with van der Waals surface area (Å²) in [4.78, 5) is 12.5. The first-order chi connectivity index (χ1) is 10.1. The van der Waals surface area contributed by atoms with Crippen molar-refractivity contribution in [2.24, 2.45) is 5.92 Å². The van der Waals surface area contributed by atoms with E-state index in [0.29, 0.717) is 16.3 Å². The number of methoxy groups -OCH3 is 1. The Morgan fingerprint density at radius 1 is 1.14 bits per heavy atom. The van der Waals surface area contributed by atoms with Crippen LogP contribution in [0.2, 0.25) is 5.02 Å². The molecular formula is C17H15ClO3. The van der Waals surface area contributed by atoms with Crippen molar-refractivity contribution in [3.8, 4) is 11.5 Å². The van der Waals surface area contributed by atoms with E-state index in [1.807, 2.05) is 31.2 Å². The van der Waals surface area contributed by atoms with Crippen LogP contribution in [0.15, 0.2) is 42.5 Å². The Balaban J connectivity index is 1.97. The highest BCUT2D eigenvalue weighted by Crippen LogP contribution is 2.39. The maximum atomic E-state index is 12.5. The smallest absolute Gasteiger partial charge is 0.173 e. The van der Waals surface area contributed by atoms with Crippen LogP contribution in [-0.2, 0) is 0 Å². The maximum Gasteiger partial charge on any atom is 0.173 e. The van der Waals surface area contributed by atoms with Gasteiger partial charge in [-0.15, -0.1) is 0 Å². The summed E-state index contributed by atoms with van der Waals surface area (Å²) in [7, 11) is 1.62. The lowest BCUT2D eigenvalue weighted by molar-refractivity contribution is 0.0690. The van der Waals surface area contributed by atoms with E-state index in [0.717, 1.165) is 11.3 Å². The van der Waals surface area contributed by atoms with E-state index in [2.05, 4.69) is 0 Å². The zero-order valence-corrected chi connectivity index (χ0v) is 12.6. The van der Waals surface area contributed by atoms with Gasteiger partial charge in [-0.3, -0.25) is 4.79 Å². The Hall–Kier alpha value is -2.00. The van der Waals surface area contributed by atoms with E-state index in [-0.39, 0.29) is 17.8 Å². The van der Waals surface area contributed by atoms with E-state index in [4.69, 9.17) is 21.1 Å². The maximum absolute atomic E-state index is 12.5. The first-order valence-corrected chi connectivity index (χ1v) is 7.12. The number of halogens is 1. The molecule has 0 saturated carbocycles. The van der Waals surface area contributed by atoms with Gasteiger partial charge in [-0.25, -0.2) is 0 Å². The van der Waals surface area contributed by atoms with Gasteiger partial charge in [0.2, 0.25) is 0 Å². The third kappa shape index (κ3) is 2.49. The third-order valence-electron chi connectivity index (χ3n) is 3.77. The topological polar surface area (TPSA) is 35.5 Å². The molecule has 3 nitrogen and oxygen atoms in total. The van der Waals surface area contributed by atoms with E-state index in [9.17, 15) is 4.79 Å². The summed E-state index contributed by atoms with van der Waals surface area (Å²) in [6.45, 7) is 1.88. The standard InChI is InChI=1S/C17H15ClO3/c1-10-16(19)14-9-12(18)5-8-15(14)21-17(10)11-3-6-13(20-2)7-4-11/h3-10,17H,1-2H3. The number of ketones is 1. The average Bonchev–Trinajstić information content (AvgIpc) is 2.51. The summed E-state index contributed by atoms with van der Waals surface area (Å²) < 4.78 is 11.2. The van der Waals surface area contributed by atoms with Gasteiger partial charge in [-0.2, -0.15) is 0 Å². The van der Waals surface area contributed by atoms with Crippen molar-refractivity contribution in [3.63, 3.8) is 0 Å². The van der Waals surface area contributed by atoms with Crippen LogP contribution < -0.4 is 9.47 Å². The predicted octanol–water partition coefficient (Wildman–Crippen LogP) is 4.30. The van der Waals surface area contributed by atoms with E-state index in [1.165, 1.54) is 0 Å². The van der Waals surface area contributed by atoms with Gasteiger partial charge < -0.3 is 9.47 Å². The average molecular weight is 303 g/mol. The van der Waals surface area contributed by atoms with Crippen molar-refractivity contribution < 1.29 is 14.3 Å². The molecule has 0 aliphatic carbocycles. The molecule has 0 radical (unpaired) electrons. The molecule has 1 heterocycles. The highest BCUT2D eigenvalue weighted by molar-refractivity contribution is 6.31. The Kier molecular flexibility index (Phi) is 3.60. The van der Waals surface area contributed by atoms with Crippen LogP contribution in [0.25, 0.3) is 0 Å². The Labute approximate surface area is 128 Å². The highest BCUT2D eigenvalue weighted by atomic mass is 35.5. The van der Waals surface area contributed by atoms with Crippen LogP contribution >= 0.6 is 11.6 Å². The monoisotopic (exact) mass is 302 g/mol. The molecule has 21 heavy (non-hydrogen) atoms. The molecule has 0 bridgehead atoms. The van der Waals surface area contributed by atoms with Gasteiger partial charge in [0.05, 0.1) is 18.6 Å². The summed E-state index contributed by atoms with van der Waals surface area (Å²) in [5, 5.41) is 0.542. The fourth-order valence-electron chi connectivity index (χ4n) is 2.57. The van der Waals surface area contributed by atoms with Gasteiger partial charge in [0.15, 0.2) is 5.78 Å². The molecule has 0 saturated heterocycles. The van der Waals surface area contributed by atoms with Crippen molar-refractivity contribution in [2.45, 2.75) is 13.0 Å². The molecule has 0 fully saturated rings. The molecule has 0 amide bonds. The van der Waals surface area contributed by atoms with Gasteiger partial charge in [0, 0.05) is 5.02 Å². The molecule has 2 atom stereocenters. The molecule has 4 heteroatoms. The molecule has 0 spiro atoms. The van der Waals surface area contributed by atoms with Gasteiger partial charge in [0.1, 0.15) is 17.6 Å². The number of fused-ring (bicyclic) bond motifs is 1. The van der Waals surface area contributed by atoms with Crippen LogP contribution in [0.4, 0.5) is 0 Å². The zero-order valence-electron chi connectivity index (χ0n) is 11.8. The molecule has 2 aromatic rings. The van der Waals surface area contributed by atoms with Crippen molar-refractivity contribution in [1.82, 2.24) is 0 Å². The number of hydrogen-bond donors (Lipinski definition) is 0. The minimum Gasteiger partial charge on any atom is -0.497 e. The fraction of sp³-hybridized carbons (Fsp3) is 0.235. The molecule has 2 unspecified atom stereocenters. The van der Waals surface area contributed by atoms with Crippen LogP contribution in [0, 0.1) is 5.92 Å².